The molecule has 5 heterocycles. The lowest BCUT2D eigenvalue weighted by atomic mass is 9.61. The Morgan fingerprint density at radius 3 is 2.66 bits per heavy atom. The molecule has 4 atom stereocenters. The first-order chi connectivity index (χ1) is 28.1. The fraction of sp³-hybridized carbons (Fsp3) is 0.400. The van der Waals surface area contributed by atoms with E-state index in [9.17, 15) is 24.0 Å². The minimum Gasteiger partial charge on any atom is -0.488 e. The van der Waals surface area contributed by atoms with E-state index in [1.807, 2.05) is 89.2 Å². The molecule has 2 aromatic heterocycles. The third kappa shape index (κ3) is 8.62. The van der Waals surface area contributed by atoms with Gasteiger partial charge in [-0.3, -0.25) is 19.1 Å². The normalized spacial score (nSPS) is 27.5. The first-order valence-corrected chi connectivity index (χ1v) is 19.8. The Hall–Kier alpha value is -6.31. The van der Waals surface area contributed by atoms with Crippen LogP contribution < -0.4 is 15.8 Å². The number of fused-ring (bicyclic) bond motifs is 6. The minimum atomic E-state index is -1.40. The van der Waals surface area contributed by atoms with Gasteiger partial charge in [0.1, 0.15) is 35.3 Å². The number of ether oxygens (including phenoxy) is 3. The van der Waals surface area contributed by atoms with Crippen molar-refractivity contribution in [1.82, 2.24) is 20.3 Å². The third-order valence-corrected chi connectivity index (χ3v) is 11.4. The molecule has 5 aliphatic rings. The van der Waals surface area contributed by atoms with Gasteiger partial charge in [-0.1, -0.05) is 53.7 Å². The van der Waals surface area contributed by atoms with Crippen LogP contribution >= 0.6 is 0 Å². The molecule has 1 saturated heterocycles. The molecule has 3 aromatic rings. The van der Waals surface area contributed by atoms with Gasteiger partial charge < -0.3 is 28.8 Å². The van der Waals surface area contributed by atoms with Crippen molar-refractivity contribution in [2.45, 2.75) is 84.6 Å². The van der Waals surface area contributed by atoms with Crippen molar-refractivity contribution in [3.63, 3.8) is 0 Å². The predicted octanol–water partition coefficient (Wildman–Crippen LogP) is 5.53. The molecule has 8 rings (SSSR count). The van der Waals surface area contributed by atoms with Crippen LogP contribution in [0.2, 0.25) is 0 Å². The average molecular weight is 804 g/mol. The molecule has 308 valence electrons. The van der Waals surface area contributed by atoms with Crippen LogP contribution in [0.5, 0.6) is 0 Å². The second-order valence-electron chi connectivity index (χ2n) is 16.2. The zero-order valence-corrected chi connectivity index (χ0v) is 34.2. The Kier molecular flexibility index (Phi) is 11.4. The fourth-order valence-corrected chi connectivity index (χ4v) is 8.16. The molecule has 0 saturated carbocycles. The van der Waals surface area contributed by atoms with Crippen LogP contribution in [0.25, 0.3) is 11.0 Å². The molecule has 1 fully saturated rings. The summed E-state index contributed by atoms with van der Waals surface area (Å²) in [6, 6.07) is 6.83. The van der Waals surface area contributed by atoms with Gasteiger partial charge in [-0.15, -0.1) is 5.10 Å². The van der Waals surface area contributed by atoms with Crippen molar-refractivity contribution in [2.24, 2.45) is 11.3 Å². The lowest BCUT2D eigenvalue weighted by Crippen LogP contribution is -2.53. The van der Waals surface area contributed by atoms with E-state index in [0.29, 0.717) is 48.0 Å². The van der Waals surface area contributed by atoms with E-state index in [1.54, 1.807) is 29.1 Å². The van der Waals surface area contributed by atoms with Crippen LogP contribution in [-0.2, 0) is 52.9 Å². The van der Waals surface area contributed by atoms with E-state index < -0.39 is 28.7 Å². The number of nitrogens with one attached hydrogen (secondary N) is 1. The van der Waals surface area contributed by atoms with E-state index >= 15 is 0 Å². The second-order valence-corrected chi connectivity index (χ2v) is 16.2. The number of anilines is 1. The molecule has 0 radical (unpaired) electrons. The van der Waals surface area contributed by atoms with Crippen LogP contribution in [-0.4, -0.2) is 71.0 Å². The predicted molar refractivity (Wildman–Crippen MR) is 219 cm³/mol. The Bertz CT molecular complexity index is 2460. The first kappa shape index (κ1) is 40.9. The monoisotopic (exact) mass is 803 g/mol. The van der Waals surface area contributed by atoms with Gasteiger partial charge in [-0.2, -0.15) is 0 Å². The molecule has 0 unspecified atom stereocenters. The van der Waals surface area contributed by atoms with E-state index in [2.05, 4.69) is 15.6 Å². The Morgan fingerprint density at radius 1 is 1.08 bits per heavy atom. The van der Waals surface area contributed by atoms with Gasteiger partial charge in [0, 0.05) is 63.1 Å². The summed E-state index contributed by atoms with van der Waals surface area (Å²) in [6.45, 7) is 8.53. The maximum atomic E-state index is 14.2. The summed E-state index contributed by atoms with van der Waals surface area (Å²) in [5, 5.41) is 11.8. The topological polar surface area (TPSA) is 172 Å². The van der Waals surface area contributed by atoms with Crippen LogP contribution in [0.1, 0.15) is 64.6 Å². The molecule has 1 spiro atoms. The molecule has 14 nitrogen and oxygen atoms in total. The van der Waals surface area contributed by atoms with Gasteiger partial charge in [0.2, 0.25) is 11.7 Å². The largest absolute Gasteiger partial charge is 0.488 e. The van der Waals surface area contributed by atoms with Crippen LogP contribution in [0.15, 0.2) is 110 Å². The van der Waals surface area contributed by atoms with E-state index in [4.69, 9.17) is 18.6 Å². The highest BCUT2D eigenvalue weighted by Gasteiger charge is 2.64. The number of rotatable bonds is 10. The number of carbonyl (C=O) groups excluding carboxylic acids is 4. The summed E-state index contributed by atoms with van der Waals surface area (Å²) in [4.78, 5) is 67.6. The third-order valence-electron chi connectivity index (χ3n) is 11.4. The number of aromatic nitrogens is 3. The maximum Gasteiger partial charge on any atom is 0.346 e. The molecular weight excluding hydrogens is 755 g/mol. The molecular formula is C45H49N5O9. The highest BCUT2D eigenvalue weighted by Crippen LogP contribution is 2.53. The quantitative estimate of drug-likeness (QED) is 0.118. The maximum absolute atomic E-state index is 14.2. The van der Waals surface area contributed by atoms with Crippen molar-refractivity contribution >= 4 is 40.3 Å². The van der Waals surface area contributed by atoms with Crippen LogP contribution in [0, 0.1) is 11.3 Å². The SMILES string of the molecule is CC1=C[C@]2(C)/C=C(C)/C=C/C[C@@H](OC(=O)CCCn3cc(CNC(=O)Cc4cc(=O)oc5cc(N(C)C)ccc45)nn3)/C=C3C=C/C(=C4\C(=O)O[C@]2(C[C@@H]1C)C4=O)OC/3. The van der Waals surface area contributed by atoms with Crippen molar-refractivity contribution in [3.05, 3.63) is 123 Å². The zero-order chi connectivity index (χ0) is 42.1. The highest BCUT2D eigenvalue weighted by atomic mass is 16.6. The number of ketones is 1. The van der Waals surface area contributed by atoms with E-state index in [0.717, 1.165) is 22.4 Å². The van der Waals surface area contributed by atoms with Gasteiger partial charge in [-0.05, 0) is 68.5 Å². The molecule has 1 amide bonds. The van der Waals surface area contributed by atoms with Crippen molar-refractivity contribution in [3.8, 4) is 0 Å². The van der Waals surface area contributed by atoms with Crippen LogP contribution in [0.3, 0.4) is 0 Å². The van der Waals surface area contributed by atoms with Gasteiger partial charge >= 0.3 is 17.6 Å². The standard InChI is InChI=1S/C45H49N5O9/c1-27-9-7-10-34(17-30-12-15-36(56-26-30)41-42(54)45(59-43(41)55)23-29(3)28(2)22-44(45,4)21-27)57-39(52)11-8-16-50-25-32(47-48-50)24-46-38(51)18-31-19-40(53)58-37-20-33(49(5)6)13-14-35(31)37/h7,9,12-15,17,19-22,25,29,34H,8,10-11,16,18,23-24,26H2,1-6H3,(H,46,51)/b9-7+,27-21+,30-17-,41-36+/t29-,34+,44-,45+/m0/s1. The smallest absolute Gasteiger partial charge is 0.346 e. The van der Waals surface area contributed by atoms with Gasteiger partial charge in [-0.25, -0.2) is 9.59 Å². The summed E-state index contributed by atoms with van der Waals surface area (Å²) in [5.74, 6) is -1.53. The number of amides is 1. The number of esters is 2. The van der Waals surface area contributed by atoms with Crippen molar-refractivity contribution in [1.29, 1.82) is 0 Å². The highest BCUT2D eigenvalue weighted by molar-refractivity contribution is 6.26. The van der Waals surface area contributed by atoms with Crippen molar-refractivity contribution in [2.75, 3.05) is 25.6 Å². The number of hydrogen-bond acceptors (Lipinski definition) is 12. The number of aryl methyl sites for hydroxylation is 1. The van der Waals surface area contributed by atoms with Crippen molar-refractivity contribution < 1.29 is 37.8 Å². The second kappa shape index (κ2) is 16.5. The van der Waals surface area contributed by atoms with Gasteiger partial charge in [0.25, 0.3) is 0 Å². The Morgan fingerprint density at radius 2 is 1.90 bits per heavy atom. The van der Waals surface area contributed by atoms with E-state index in [1.165, 1.54) is 6.07 Å². The van der Waals surface area contributed by atoms with Gasteiger partial charge in [0.15, 0.2) is 5.60 Å². The summed E-state index contributed by atoms with van der Waals surface area (Å²) >= 11 is 0. The summed E-state index contributed by atoms with van der Waals surface area (Å²) in [5.41, 5.74) is 2.18. The molecule has 1 N–H and O–H groups in total. The number of hydrogen-bond donors (Lipinski definition) is 1. The van der Waals surface area contributed by atoms with Crippen LogP contribution in [0.4, 0.5) is 5.69 Å². The zero-order valence-electron chi connectivity index (χ0n) is 34.2. The lowest BCUT2D eigenvalue weighted by molar-refractivity contribution is -0.162. The number of carbonyl (C=O) groups is 4. The summed E-state index contributed by atoms with van der Waals surface area (Å²) in [6.07, 6.45) is 15.5. The lowest BCUT2D eigenvalue weighted by Gasteiger charge is -2.45. The Labute approximate surface area is 341 Å². The minimum absolute atomic E-state index is 0.0139. The Balaban J connectivity index is 0.962. The van der Waals surface area contributed by atoms with Gasteiger partial charge in [0.05, 0.1) is 24.6 Å². The molecule has 4 bridgehead atoms. The fourth-order valence-electron chi connectivity index (χ4n) is 8.16. The average Bonchev–Trinajstić information content (AvgIpc) is 3.73. The molecule has 1 aromatic carbocycles. The van der Waals surface area contributed by atoms with E-state index in [-0.39, 0.29) is 60.9 Å². The molecule has 2 aliphatic carbocycles. The number of benzene rings is 1. The number of nitrogens with zero attached hydrogens (tertiary/aromatic N) is 4. The summed E-state index contributed by atoms with van der Waals surface area (Å²) in [7, 11) is 3.78. The first-order valence-electron chi connectivity index (χ1n) is 19.8. The number of Topliss-reactive ketones (excluding diaryl/α,β-unsaturated/α-hetero) is 1. The summed E-state index contributed by atoms with van der Waals surface area (Å²) < 4.78 is 24.9. The molecule has 3 aliphatic heterocycles. The molecule has 59 heavy (non-hydrogen) atoms. The molecule has 14 heteroatoms. The number of allylic oxidation sites excluding steroid dienone is 4.